The van der Waals surface area contributed by atoms with Gasteiger partial charge < -0.3 is 10.2 Å². The van der Waals surface area contributed by atoms with Gasteiger partial charge in [-0.15, -0.1) is 11.8 Å². The minimum Gasteiger partial charge on any atom is -0.354 e. The third kappa shape index (κ3) is 8.88. The van der Waals surface area contributed by atoms with Crippen molar-refractivity contribution in [2.45, 2.75) is 38.6 Å². The summed E-state index contributed by atoms with van der Waals surface area (Å²) in [5.41, 5.74) is 2.99. The molecule has 0 aliphatic heterocycles. The Bertz CT molecular complexity index is 1130. The summed E-state index contributed by atoms with van der Waals surface area (Å²) in [4.78, 5) is 28.7. The van der Waals surface area contributed by atoms with Crippen LogP contribution in [0.25, 0.3) is 0 Å². The molecule has 0 saturated carbocycles. The van der Waals surface area contributed by atoms with Crippen LogP contribution in [0.4, 0.5) is 0 Å². The summed E-state index contributed by atoms with van der Waals surface area (Å²) in [6, 6.07) is 24.5. The van der Waals surface area contributed by atoms with Gasteiger partial charge in [0, 0.05) is 25.3 Å². The fourth-order valence-electron chi connectivity index (χ4n) is 3.73. The summed E-state index contributed by atoms with van der Waals surface area (Å²) >= 11 is 13.7. The van der Waals surface area contributed by atoms with Crippen LogP contribution in [0.1, 0.15) is 30.5 Å². The molecule has 0 saturated heterocycles. The van der Waals surface area contributed by atoms with Crippen LogP contribution < -0.4 is 5.32 Å². The molecule has 0 fully saturated rings. The molecular formula is C29H32Cl2N2O2S. The monoisotopic (exact) mass is 542 g/mol. The molecule has 0 aliphatic carbocycles. The molecule has 1 N–H and O–H groups in total. The lowest BCUT2D eigenvalue weighted by molar-refractivity contribution is -0.139. The molecule has 36 heavy (non-hydrogen) atoms. The first kappa shape index (κ1) is 28.1. The minimum atomic E-state index is -0.621. The number of thioether (sulfide) groups is 1. The second-order valence-electron chi connectivity index (χ2n) is 9.09. The van der Waals surface area contributed by atoms with Gasteiger partial charge in [0.25, 0.3) is 0 Å². The van der Waals surface area contributed by atoms with E-state index < -0.39 is 6.04 Å². The van der Waals surface area contributed by atoms with Crippen molar-refractivity contribution in [3.05, 3.63) is 106 Å². The van der Waals surface area contributed by atoms with Gasteiger partial charge in [-0.2, -0.15) is 0 Å². The lowest BCUT2D eigenvalue weighted by Crippen LogP contribution is -2.51. The highest BCUT2D eigenvalue weighted by atomic mass is 35.5. The van der Waals surface area contributed by atoms with E-state index in [0.717, 1.165) is 16.7 Å². The van der Waals surface area contributed by atoms with E-state index >= 15 is 0 Å². The van der Waals surface area contributed by atoms with E-state index in [9.17, 15) is 9.59 Å². The van der Waals surface area contributed by atoms with Crippen molar-refractivity contribution in [3.63, 3.8) is 0 Å². The van der Waals surface area contributed by atoms with Gasteiger partial charge in [-0.1, -0.05) is 104 Å². The van der Waals surface area contributed by atoms with E-state index in [1.165, 1.54) is 11.8 Å². The molecule has 2 amide bonds. The van der Waals surface area contributed by atoms with Gasteiger partial charge in [-0.05, 0) is 34.7 Å². The Hall–Kier alpha value is -2.47. The molecule has 0 radical (unpaired) electrons. The number of hydrogen-bond donors (Lipinski definition) is 1. The Morgan fingerprint density at radius 1 is 0.861 bits per heavy atom. The van der Waals surface area contributed by atoms with E-state index in [-0.39, 0.29) is 17.6 Å². The molecule has 0 aliphatic rings. The molecule has 3 aromatic rings. The zero-order valence-corrected chi connectivity index (χ0v) is 23.0. The summed E-state index contributed by atoms with van der Waals surface area (Å²) in [6.45, 7) is 5.03. The van der Waals surface area contributed by atoms with Crippen molar-refractivity contribution < 1.29 is 9.59 Å². The first-order valence-electron chi connectivity index (χ1n) is 12.0. The van der Waals surface area contributed by atoms with E-state index in [2.05, 4.69) is 19.2 Å². The van der Waals surface area contributed by atoms with E-state index in [4.69, 9.17) is 23.2 Å². The molecule has 0 bridgehead atoms. The van der Waals surface area contributed by atoms with Crippen molar-refractivity contribution in [1.29, 1.82) is 0 Å². The van der Waals surface area contributed by atoms with Gasteiger partial charge in [-0.25, -0.2) is 0 Å². The normalized spacial score (nSPS) is 11.8. The van der Waals surface area contributed by atoms with Crippen LogP contribution in [0.5, 0.6) is 0 Å². The maximum absolute atomic E-state index is 13.6. The van der Waals surface area contributed by atoms with Crippen LogP contribution in [-0.4, -0.2) is 35.1 Å². The number of nitrogens with one attached hydrogen (secondary N) is 1. The van der Waals surface area contributed by atoms with Crippen molar-refractivity contribution in [3.8, 4) is 0 Å². The van der Waals surface area contributed by atoms with Crippen molar-refractivity contribution >= 4 is 46.8 Å². The maximum Gasteiger partial charge on any atom is 0.243 e. The molecule has 0 spiro atoms. The molecule has 0 heterocycles. The van der Waals surface area contributed by atoms with Crippen LogP contribution in [-0.2, 0) is 28.3 Å². The first-order chi connectivity index (χ1) is 17.3. The number of nitrogens with zero attached hydrogens (tertiary/aromatic N) is 1. The molecule has 3 rings (SSSR count). The predicted octanol–water partition coefficient (Wildman–Crippen LogP) is 6.64. The topological polar surface area (TPSA) is 49.4 Å². The summed E-state index contributed by atoms with van der Waals surface area (Å²) in [7, 11) is 0. The quantitative estimate of drug-likeness (QED) is 0.279. The lowest BCUT2D eigenvalue weighted by Gasteiger charge is -2.31. The number of carbonyl (C=O) groups is 2. The van der Waals surface area contributed by atoms with Gasteiger partial charge >= 0.3 is 0 Å². The predicted molar refractivity (Wildman–Crippen MR) is 151 cm³/mol. The van der Waals surface area contributed by atoms with Gasteiger partial charge in [0.1, 0.15) is 6.04 Å². The van der Waals surface area contributed by atoms with Crippen LogP contribution in [0.15, 0.2) is 78.9 Å². The number of rotatable bonds is 12. The summed E-state index contributed by atoms with van der Waals surface area (Å²) in [6.07, 6.45) is 0.445. The van der Waals surface area contributed by atoms with E-state index in [1.54, 1.807) is 11.0 Å². The number of benzene rings is 3. The average Bonchev–Trinajstić information content (AvgIpc) is 2.88. The standard InChI is InChI=1S/C29H32Cl2N2O2S/c1-21(2)17-32-29(35)27(16-22-9-5-3-6-10-22)33(18-23-11-7-4-8-12-23)28(34)20-36-19-24-13-14-25(30)26(31)15-24/h3-15,21,27H,16-20H2,1-2H3,(H,32,35)/t27-/m0/s1. The Kier molecular flexibility index (Phi) is 11.2. The minimum absolute atomic E-state index is 0.0791. The summed E-state index contributed by atoms with van der Waals surface area (Å²) in [5.74, 6) is 0.961. The molecular weight excluding hydrogens is 511 g/mol. The number of halogens is 2. The molecule has 1 atom stereocenters. The summed E-state index contributed by atoms with van der Waals surface area (Å²) < 4.78 is 0. The Morgan fingerprint density at radius 3 is 2.11 bits per heavy atom. The Balaban J connectivity index is 1.81. The highest BCUT2D eigenvalue weighted by Gasteiger charge is 2.30. The zero-order valence-electron chi connectivity index (χ0n) is 20.6. The largest absolute Gasteiger partial charge is 0.354 e. The smallest absolute Gasteiger partial charge is 0.243 e. The third-order valence-electron chi connectivity index (χ3n) is 5.63. The summed E-state index contributed by atoms with van der Waals surface area (Å²) in [5, 5.41) is 4.05. The SMILES string of the molecule is CC(C)CNC(=O)[C@H](Cc1ccccc1)N(Cc1ccccc1)C(=O)CSCc1ccc(Cl)c(Cl)c1. The molecule has 7 heteroatoms. The Morgan fingerprint density at radius 2 is 1.50 bits per heavy atom. The number of hydrogen-bond acceptors (Lipinski definition) is 3. The molecule has 3 aromatic carbocycles. The third-order valence-corrected chi connectivity index (χ3v) is 7.36. The van der Waals surface area contributed by atoms with Crippen molar-refractivity contribution in [2.24, 2.45) is 5.92 Å². The van der Waals surface area contributed by atoms with Crippen LogP contribution >= 0.6 is 35.0 Å². The first-order valence-corrected chi connectivity index (χ1v) is 13.9. The fourth-order valence-corrected chi connectivity index (χ4v) is 4.90. The zero-order chi connectivity index (χ0) is 25.9. The molecule has 0 unspecified atom stereocenters. The highest BCUT2D eigenvalue weighted by molar-refractivity contribution is 7.99. The van der Waals surface area contributed by atoms with E-state index in [0.29, 0.717) is 41.2 Å². The molecule has 0 aromatic heterocycles. The average molecular weight is 544 g/mol. The van der Waals surface area contributed by atoms with Crippen molar-refractivity contribution in [1.82, 2.24) is 10.2 Å². The maximum atomic E-state index is 13.6. The molecule has 4 nitrogen and oxygen atoms in total. The van der Waals surface area contributed by atoms with Gasteiger partial charge in [0.2, 0.25) is 11.8 Å². The second kappa shape index (κ2) is 14.3. The molecule has 190 valence electrons. The van der Waals surface area contributed by atoms with Gasteiger partial charge in [0.05, 0.1) is 15.8 Å². The van der Waals surface area contributed by atoms with Gasteiger partial charge in [-0.3, -0.25) is 9.59 Å². The van der Waals surface area contributed by atoms with Crippen LogP contribution in [0.2, 0.25) is 10.0 Å². The lowest BCUT2D eigenvalue weighted by atomic mass is 10.0. The Labute approximate surface area is 228 Å². The number of carbonyl (C=O) groups excluding carboxylic acids is 2. The van der Waals surface area contributed by atoms with Crippen molar-refractivity contribution in [2.75, 3.05) is 12.3 Å². The fraction of sp³-hybridized carbons (Fsp3) is 0.310. The van der Waals surface area contributed by atoms with E-state index in [1.807, 2.05) is 72.8 Å². The second-order valence-corrected chi connectivity index (χ2v) is 10.9. The highest BCUT2D eigenvalue weighted by Crippen LogP contribution is 2.25. The van der Waals surface area contributed by atoms with Crippen LogP contribution in [0, 0.1) is 5.92 Å². The van der Waals surface area contributed by atoms with Crippen LogP contribution in [0.3, 0.4) is 0 Å². The number of amides is 2. The van der Waals surface area contributed by atoms with Gasteiger partial charge in [0.15, 0.2) is 0 Å².